The summed E-state index contributed by atoms with van der Waals surface area (Å²) in [5, 5.41) is 16.9. The van der Waals surface area contributed by atoms with E-state index in [4.69, 9.17) is 5.11 Å². The Hall–Kier alpha value is -2.42. The first-order chi connectivity index (χ1) is 10.1. The van der Waals surface area contributed by atoms with Gasteiger partial charge in [0.15, 0.2) is 5.69 Å². The van der Waals surface area contributed by atoms with Crippen LogP contribution in [0.25, 0.3) is 0 Å². The molecular formula is C12H15N5O3S. The maximum absolute atomic E-state index is 11.7. The molecule has 1 atom stereocenters. The van der Waals surface area contributed by atoms with E-state index in [1.54, 1.807) is 10.8 Å². The van der Waals surface area contributed by atoms with Crippen molar-refractivity contribution in [3.8, 4) is 0 Å². The van der Waals surface area contributed by atoms with Crippen molar-refractivity contribution < 1.29 is 14.7 Å². The van der Waals surface area contributed by atoms with Crippen LogP contribution in [0.3, 0.4) is 0 Å². The minimum atomic E-state index is -1.07. The molecule has 21 heavy (non-hydrogen) atoms. The number of carbonyl (C=O) groups excluding carboxylic acids is 1. The number of aromatic carboxylic acids is 1. The van der Waals surface area contributed by atoms with E-state index in [0.717, 1.165) is 5.01 Å². The van der Waals surface area contributed by atoms with Crippen molar-refractivity contribution in [2.24, 2.45) is 0 Å². The Kier molecular flexibility index (Phi) is 4.88. The number of carboxylic acids is 1. The van der Waals surface area contributed by atoms with Crippen LogP contribution in [-0.2, 0) is 6.54 Å². The van der Waals surface area contributed by atoms with Crippen molar-refractivity contribution in [3.63, 3.8) is 0 Å². The third kappa shape index (κ3) is 4.28. The number of nitrogens with zero attached hydrogens (tertiary/aromatic N) is 3. The topological polar surface area (TPSA) is 109 Å². The van der Waals surface area contributed by atoms with Crippen LogP contribution in [0.15, 0.2) is 24.1 Å². The molecule has 0 aliphatic carbocycles. The Labute approximate surface area is 124 Å². The molecule has 1 unspecified atom stereocenters. The van der Waals surface area contributed by atoms with Gasteiger partial charge in [-0.15, -0.1) is 11.3 Å². The van der Waals surface area contributed by atoms with Crippen molar-refractivity contribution in [2.45, 2.75) is 19.5 Å². The molecule has 0 aliphatic heterocycles. The predicted molar refractivity (Wildman–Crippen MR) is 76.2 cm³/mol. The molecule has 8 nitrogen and oxygen atoms in total. The molecule has 0 aliphatic rings. The van der Waals surface area contributed by atoms with E-state index in [1.165, 1.54) is 23.9 Å². The van der Waals surface area contributed by atoms with Crippen molar-refractivity contribution in [1.82, 2.24) is 25.2 Å². The number of carbonyl (C=O) groups is 2. The average molecular weight is 309 g/mol. The van der Waals surface area contributed by atoms with Gasteiger partial charge in [-0.1, -0.05) is 0 Å². The molecule has 2 aromatic rings. The van der Waals surface area contributed by atoms with E-state index in [-0.39, 0.29) is 17.8 Å². The van der Waals surface area contributed by atoms with Gasteiger partial charge in [0.25, 0.3) is 0 Å². The molecule has 0 aromatic carbocycles. The molecule has 0 saturated heterocycles. The lowest BCUT2D eigenvalue weighted by Gasteiger charge is -2.12. The van der Waals surface area contributed by atoms with Gasteiger partial charge in [-0.05, 0) is 6.92 Å². The van der Waals surface area contributed by atoms with Crippen LogP contribution in [0, 0.1) is 0 Å². The van der Waals surface area contributed by atoms with Gasteiger partial charge in [-0.3, -0.25) is 0 Å². The Morgan fingerprint density at radius 3 is 2.90 bits per heavy atom. The number of imidazole rings is 1. The lowest BCUT2D eigenvalue weighted by atomic mass is 10.4. The number of carboxylic acid groups (broad SMARTS) is 1. The zero-order chi connectivity index (χ0) is 15.2. The van der Waals surface area contributed by atoms with Gasteiger partial charge in [-0.25, -0.2) is 19.6 Å². The van der Waals surface area contributed by atoms with Gasteiger partial charge < -0.3 is 20.3 Å². The molecule has 0 fully saturated rings. The van der Waals surface area contributed by atoms with Crippen molar-refractivity contribution in [3.05, 3.63) is 34.8 Å². The number of nitrogens with one attached hydrogen (secondary N) is 2. The molecule has 0 saturated carbocycles. The van der Waals surface area contributed by atoms with Gasteiger partial charge in [0.05, 0.1) is 12.4 Å². The van der Waals surface area contributed by atoms with E-state index in [1.807, 2.05) is 12.3 Å². The average Bonchev–Trinajstić information content (AvgIpc) is 3.10. The van der Waals surface area contributed by atoms with Crippen molar-refractivity contribution in [1.29, 1.82) is 0 Å². The van der Waals surface area contributed by atoms with E-state index in [0.29, 0.717) is 13.1 Å². The number of hydrogen-bond donors (Lipinski definition) is 3. The molecule has 0 spiro atoms. The third-order valence-electron chi connectivity index (χ3n) is 2.68. The number of hydrogen-bond acceptors (Lipinski definition) is 5. The van der Waals surface area contributed by atoms with Gasteiger partial charge in [0.2, 0.25) is 0 Å². The minimum Gasteiger partial charge on any atom is -0.476 e. The third-order valence-corrected chi connectivity index (χ3v) is 3.64. The van der Waals surface area contributed by atoms with E-state index in [2.05, 4.69) is 20.6 Å². The van der Waals surface area contributed by atoms with Crippen molar-refractivity contribution in [2.75, 3.05) is 6.54 Å². The standard InChI is InChI=1S/C12H15N5O3S/c1-8(10-13-3-5-21-10)16-12(20)14-2-4-17-6-9(11(18)19)15-7-17/h3,5-8H,2,4H2,1H3,(H,18,19)(H2,14,16,20). The van der Waals surface area contributed by atoms with Gasteiger partial charge in [0.1, 0.15) is 5.01 Å². The highest BCUT2D eigenvalue weighted by atomic mass is 32.1. The molecule has 2 heterocycles. The summed E-state index contributed by atoms with van der Waals surface area (Å²) in [4.78, 5) is 30.2. The minimum absolute atomic E-state index is 0.0168. The van der Waals surface area contributed by atoms with Crippen LogP contribution >= 0.6 is 11.3 Å². The zero-order valence-electron chi connectivity index (χ0n) is 11.3. The molecule has 2 amide bonds. The Morgan fingerprint density at radius 2 is 2.29 bits per heavy atom. The summed E-state index contributed by atoms with van der Waals surface area (Å²) < 4.78 is 1.61. The lowest BCUT2D eigenvalue weighted by molar-refractivity contribution is 0.0691. The van der Waals surface area contributed by atoms with E-state index in [9.17, 15) is 9.59 Å². The first-order valence-corrected chi connectivity index (χ1v) is 7.13. The van der Waals surface area contributed by atoms with Crippen molar-refractivity contribution >= 4 is 23.3 Å². The molecule has 112 valence electrons. The fourth-order valence-electron chi connectivity index (χ4n) is 1.65. The zero-order valence-corrected chi connectivity index (χ0v) is 12.1. The summed E-state index contributed by atoms with van der Waals surface area (Å²) in [6, 6.07) is -0.451. The van der Waals surface area contributed by atoms with Gasteiger partial charge in [-0.2, -0.15) is 0 Å². The normalized spacial score (nSPS) is 11.9. The number of urea groups is 1. The first-order valence-electron chi connectivity index (χ1n) is 6.25. The molecule has 0 bridgehead atoms. The Balaban J connectivity index is 1.72. The van der Waals surface area contributed by atoms with Crippen LogP contribution in [0.5, 0.6) is 0 Å². The van der Waals surface area contributed by atoms with Gasteiger partial charge >= 0.3 is 12.0 Å². The van der Waals surface area contributed by atoms with Crippen LogP contribution in [0.1, 0.15) is 28.5 Å². The Morgan fingerprint density at radius 1 is 1.48 bits per heavy atom. The second-order valence-electron chi connectivity index (χ2n) is 4.29. The predicted octanol–water partition coefficient (Wildman–Crippen LogP) is 1.10. The second-order valence-corrected chi connectivity index (χ2v) is 5.22. The van der Waals surface area contributed by atoms with Crippen LogP contribution in [0.4, 0.5) is 4.79 Å². The van der Waals surface area contributed by atoms with Crippen LogP contribution in [-0.4, -0.2) is 38.2 Å². The number of aromatic nitrogens is 3. The van der Waals surface area contributed by atoms with Crippen LogP contribution in [0.2, 0.25) is 0 Å². The maximum atomic E-state index is 11.7. The highest BCUT2D eigenvalue weighted by Crippen LogP contribution is 2.14. The summed E-state index contributed by atoms with van der Waals surface area (Å²) in [6.45, 7) is 2.67. The second kappa shape index (κ2) is 6.84. The SMILES string of the molecule is CC(NC(=O)NCCn1cnc(C(=O)O)c1)c1nccs1. The van der Waals surface area contributed by atoms with Crippen LogP contribution < -0.4 is 10.6 Å². The van der Waals surface area contributed by atoms with E-state index < -0.39 is 5.97 Å². The summed E-state index contributed by atoms with van der Waals surface area (Å²) >= 11 is 1.48. The summed E-state index contributed by atoms with van der Waals surface area (Å²) in [5.41, 5.74) is -0.0168. The number of thiazole rings is 1. The fraction of sp³-hybridized carbons (Fsp3) is 0.333. The van der Waals surface area contributed by atoms with E-state index >= 15 is 0 Å². The lowest BCUT2D eigenvalue weighted by Crippen LogP contribution is -2.38. The molecule has 0 radical (unpaired) electrons. The highest BCUT2D eigenvalue weighted by Gasteiger charge is 2.11. The summed E-state index contributed by atoms with van der Waals surface area (Å²) in [5.74, 6) is -1.07. The van der Waals surface area contributed by atoms with Gasteiger partial charge in [0, 0.05) is 30.9 Å². The monoisotopic (exact) mass is 309 g/mol. The molecule has 2 rings (SSSR count). The number of amides is 2. The smallest absolute Gasteiger partial charge is 0.356 e. The highest BCUT2D eigenvalue weighted by molar-refractivity contribution is 7.09. The molecular weight excluding hydrogens is 294 g/mol. The largest absolute Gasteiger partial charge is 0.476 e. The number of rotatable bonds is 6. The molecule has 3 N–H and O–H groups in total. The fourth-order valence-corrected chi connectivity index (χ4v) is 2.29. The summed E-state index contributed by atoms with van der Waals surface area (Å²) in [6.07, 6.45) is 4.52. The quantitative estimate of drug-likeness (QED) is 0.740. The molecule has 9 heteroatoms. The molecule has 2 aromatic heterocycles. The maximum Gasteiger partial charge on any atom is 0.356 e. The Bertz CT molecular complexity index is 610. The first kappa shape index (κ1) is 15.0. The summed E-state index contributed by atoms with van der Waals surface area (Å²) in [7, 11) is 0.